The maximum absolute atomic E-state index is 11.0. The predicted octanol–water partition coefficient (Wildman–Crippen LogP) is -1.31. The molecule has 8 N–H and O–H groups in total. The Morgan fingerprint density at radius 1 is 0.538 bits per heavy atom. The smallest absolute Gasteiger partial charge is 0.303 e. The summed E-state index contributed by atoms with van der Waals surface area (Å²) in [7, 11) is -21.2. The molecular weight excluding hydrogens is 452 g/mol. The third kappa shape index (κ3) is 10.1. The summed E-state index contributed by atoms with van der Waals surface area (Å²) in [6, 6.07) is 0. The molecule has 1 aliphatic carbocycles. The first-order valence-corrected chi connectivity index (χ1v) is 12.4. The Morgan fingerprint density at radius 2 is 0.846 bits per heavy atom. The highest BCUT2D eigenvalue weighted by Crippen LogP contribution is 2.51. The SMILES string of the molecule is O=P(O)(O)OC1C[C@H](OP(=O)(O)O)C(OP(=O)(O)O)[C@@H](OP(=O)(O)O)C1. The Hall–Kier alpha value is 0.440. The first kappa shape index (κ1) is 24.5. The minimum Gasteiger partial charge on any atom is -0.303 e. The first-order chi connectivity index (χ1) is 11.3. The van der Waals surface area contributed by atoms with Gasteiger partial charge in [0.25, 0.3) is 0 Å². The molecule has 0 aromatic carbocycles. The van der Waals surface area contributed by atoms with Crippen LogP contribution in [0.3, 0.4) is 0 Å². The fourth-order valence-electron chi connectivity index (χ4n) is 2.26. The number of phosphoric ester groups is 4. The topological polar surface area (TPSA) is 267 Å². The molecule has 2 atom stereocenters. The summed E-state index contributed by atoms with van der Waals surface area (Å²) in [5, 5.41) is 0. The highest BCUT2D eigenvalue weighted by Gasteiger charge is 2.49. The number of phosphoric acid groups is 4. The van der Waals surface area contributed by atoms with Crippen molar-refractivity contribution in [2.24, 2.45) is 0 Å². The van der Waals surface area contributed by atoms with Crippen LogP contribution in [-0.2, 0) is 36.4 Å². The van der Waals surface area contributed by atoms with Gasteiger partial charge in [-0.25, -0.2) is 18.3 Å². The van der Waals surface area contributed by atoms with Gasteiger partial charge in [0.1, 0.15) is 18.3 Å². The van der Waals surface area contributed by atoms with Gasteiger partial charge in [-0.1, -0.05) is 0 Å². The third-order valence-electron chi connectivity index (χ3n) is 2.81. The summed E-state index contributed by atoms with van der Waals surface area (Å²) in [5.74, 6) is 0. The predicted molar refractivity (Wildman–Crippen MR) is 76.9 cm³/mol. The van der Waals surface area contributed by atoms with E-state index in [2.05, 4.69) is 18.1 Å². The van der Waals surface area contributed by atoms with Crippen molar-refractivity contribution in [2.45, 2.75) is 37.3 Å². The lowest BCUT2D eigenvalue weighted by Crippen LogP contribution is -2.49. The van der Waals surface area contributed by atoms with Crippen LogP contribution in [0.4, 0.5) is 0 Å². The highest BCUT2D eigenvalue weighted by molar-refractivity contribution is 7.47. The molecule has 0 bridgehead atoms. The second kappa shape index (κ2) is 8.44. The fourth-order valence-corrected chi connectivity index (χ4v) is 4.52. The maximum Gasteiger partial charge on any atom is 0.470 e. The lowest BCUT2D eigenvalue weighted by molar-refractivity contribution is -0.104. The molecule has 1 fully saturated rings. The molecule has 0 unspecified atom stereocenters. The van der Waals surface area contributed by atoms with Gasteiger partial charge in [-0.2, -0.15) is 0 Å². The average molecular weight is 468 g/mol. The first-order valence-electron chi connectivity index (χ1n) is 6.30. The van der Waals surface area contributed by atoms with Gasteiger partial charge in [-0.3, -0.25) is 18.1 Å². The van der Waals surface area contributed by atoms with Crippen molar-refractivity contribution in [2.75, 3.05) is 0 Å². The molecule has 0 radical (unpaired) electrons. The number of rotatable bonds is 8. The van der Waals surface area contributed by atoms with Crippen molar-refractivity contribution in [3.8, 4) is 0 Å². The minimum absolute atomic E-state index is 0.762. The molecule has 1 aliphatic rings. The second-order valence-corrected chi connectivity index (χ2v) is 9.79. The van der Waals surface area contributed by atoms with Crippen molar-refractivity contribution in [1.82, 2.24) is 0 Å². The van der Waals surface area contributed by atoms with Crippen molar-refractivity contribution < 1.29 is 75.5 Å². The van der Waals surface area contributed by atoms with E-state index in [0.717, 1.165) is 0 Å². The van der Waals surface area contributed by atoms with Gasteiger partial charge in [0, 0.05) is 12.8 Å². The molecular formula is C6H16O16P4. The normalized spacial score (nSPS) is 28.9. The molecule has 0 amide bonds. The van der Waals surface area contributed by atoms with E-state index in [1.165, 1.54) is 0 Å². The quantitative estimate of drug-likeness (QED) is 0.192. The molecule has 0 aromatic rings. The van der Waals surface area contributed by atoms with Gasteiger partial charge in [0.15, 0.2) is 0 Å². The molecule has 0 aromatic heterocycles. The number of hydrogen-bond donors (Lipinski definition) is 8. The third-order valence-corrected chi connectivity index (χ3v) is 5.00. The van der Waals surface area contributed by atoms with Crippen LogP contribution in [-0.4, -0.2) is 63.6 Å². The molecule has 16 nitrogen and oxygen atoms in total. The van der Waals surface area contributed by atoms with E-state index >= 15 is 0 Å². The van der Waals surface area contributed by atoms with Crippen LogP contribution in [0.1, 0.15) is 12.8 Å². The molecule has 0 aliphatic heterocycles. The summed E-state index contributed by atoms with van der Waals surface area (Å²) in [5.41, 5.74) is 0. The fraction of sp³-hybridized carbons (Fsp3) is 1.00. The zero-order chi connectivity index (χ0) is 20.6. The van der Waals surface area contributed by atoms with Gasteiger partial charge in [0.05, 0.1) is 6.10 Å². The summed E-state index contributed by atoms with van der Waals surface area (Å²) in [6.07, 6.45) is -9.27. The lowest BCUT2D eigenvalue weighted by atomic mass is 9.90. The molecule has 1 rings (SSSR count). The van der Waals surface area contributed by atoms with E-state index in [9.17, 15) is 18.3 Å². The standard InChI is InChI=1S/C6H16O16P4/c7-23(8,9)19-3-1-4(20-24(10,11)12)6(22-26(16,17)18)5(2-3)21-25(13,14)15/h3-6H,1-2H2,(H2,7,8,9)(H2,10,11,12)(H2,13,14,15)(H2,16,17,18)/t3?,4-,5-,6?/m0/s1. The van der Waals surface area contributed by atoms with E-state index in [4.69, 9.17) is 39.1 Å². The van der Waals surface area contributed by atoms with Crippen LogP contribution in [0.5, 0.6) is 0 Å². The summed E-state index contributed by atoms with van der Waals surface area (Å²) in [6.45, 7) is 0. The Balaban J connectivity index is 3.22. The van der Waals surface area contributed by atoms with E-state index in [1.807, 2.05) is 0 Å². The lowest BCUT2D eigenvalue weighted by Gasteiger charge is -2.40. The van der Waals surface area contributed by atoms with Gasteiger partial charge in [0.2, 0.25) is 0 Å². The van der Waals surface area contributed by atoms with Crippen LogP contribution < -0.4 is 0 Å². The monoisotopic (exact) mass is 468 g/mol. The molecule has 20 heteroatoms. The minimum atomic E-state index is -5.36. The van der Waals surface area contributed by atoms with E-state index < -0.39 is 68.5 Å². The van der Waals surface area contributed by atoms with Crippen LogP contribution in [0, 0.1) is 0 Å². The zero-order valence-corrected chi connectivity index (χ0v) is 15.9. The van der Waals surface area contributed by atoms with Crippen molar-refractivity contribution >= 4 is 31.3 Å². The van der Waals surface area contributed by atoms with E-state index in [1.54, 1.807) is 0 Å². The average Bonchev–Trinajstić information content (AvgIpc) is 2.25. The molecule has 0 spiro atoms. The largest absolute Gasteiger partial charge is 0.470 e. The van der Waals surface area contributed by atoms with Crippen molar-refractivity contribution in [3.05, 3.63) is 0 Å². The number of hydrogen-bond acceptors (Lipinski definition) is 8. The Bertz CT molecular complexity index is 632. The second-order valence-electron chi connectivity index (χ2n) is 5.02. The molecule has 0 heterocycles. The molecule has 156 valence electrons. The van der Waals surface area contributed by atoms with Crippen molar-refractivity contribution in [3.63, 3.8) is 0 Å². The van der Waals surface area contributed by atoms with Gasteiger partial charge in [-0.15, -0.1) is 0 Å². The zero-order valence-electron chi connectivity index (χ0n) is 12.4. The molecule has 26 heavy (non-hydrogen) atoms. The Labute approximate surface area is 145 Å². The van der Waals surface area contributed by atoms with Gasteiger partial charge in [-0.05, 0) is 0 Å². The molecule has 0 saturated heterocycles. The van der Waals surface area contributed by atoms with Crippen LogP contribution >= 0.6 is 31.3 Å². The van der Waals surface area contributed by atoms with Gasteiger partial charge >= 0.3 is 31.3 Å². The summed E-state index contributed by atoms with van der Waals surface area (Å²) >= 11 is 0. The van der Waals surface area contributed by atoms with Gasteiger partial charge < -0.3 is 39.1 Å². The highest BCUT2D eigenvalue weighted by atomic mass is 31.2. The van der Waals surface area contributed by atoms with Crippen LogP contribution in [0.2, 0.25) is 0 Å². The Kier molecular flexibility index (Phi) is 7.94. The van der Waals surface area contributed by atoms with Crippen LogP contribution in [0.25, 0.3) is 0 Å². The van der Waals surface area contributed by atoms with Crippen molar-refractivity contribution in [1.29, 1.82) is 0 Å². The summed E-state index contributed by atoms with van der Waals surface area (Å²) < 4.78 is 61.1. The Morgan fingerprint density at radius 3 is 1.12 bits per heavy atom. The van der Waals surface area contributed by atoms with E-state index in [-0.39, 0.29) is 0 Å². The maximum atomic E-state index is 11.0. The van der Waals surface area contributed by atoms with E-state index in [0.29, 0.717) is 0 Å². The summed E-state index contributed by atoms with van der Waals surface area (Å²) in [4.78, 5) is 70.9. The van der Waals surface area contributed by atoms with Crippen LogP contribution in [0.15, 0.2) is 0 Å². The molecule has 1 saturated carbocycles.